The monoisotopic (exact) mass is 183 g/mol. The fourth-order valence-electron chi connectivity index (χ4n) is 1.89. The molecule has 76 valence electrons. The summed E-state index contributed by atoms with van der Waals surface area (Å²) in [6.07, 6.45) is 2.28. The molecule has 13 heavy (non-hydrogen) atoms. The van der Waals surface area contributed by atoms with Gasteiger partial charge in [0.25, 0.3) is 0 Å². The van der Waals surface area contributed by atoms with Crippen LogP contribution >= 0.6 is 0 Å². The van der Waals surface area contributed by atoms with Crippen molar-refractivity contribution in [3.63, 3.8) is 0 Å². The molecule has 2 heteroatoms. The molecule has 1 rings (SSSR count). The van der Waals surface area contributed by atoms with E-state index >= 15 is 0 Å². The van der Waals surface area contributed by atoms with Crippen LogP contribution in [0.4, 0.5) is 0 Å². The van der Waals surface area contributed by atoms with Crippen LogP contribution in [0, 0.1) is 5.41 Å². The summed E-state index contributed by atoms with van der Waals surface area (Å²) in [5.41, 5.74) is -0.161. The molecule has 1 amide bonds. The molecular weight excluding hydrogens is 162 g/mol. The summed E-state index contributed by atoms with van der Waals surface area (Å²) in [4.78, 5) is 14.0. The summed E-state index contributed by atoms with van der Waals surface area (Å²) < 4.78 is 0. The molecule has 0 radical (unpaired) electrons. The van der Waals surface area contributed by atoms with Crippen molar-refractivity contribution in [2.75, 3.05) is 6.54 Å². The third kappa shape index (κ3) is 2.04. The van der Waals surface area contributed by atoms with Crippen LogP contribution in [0.3, 0.4) is 0 Å². The standard InChI is InChI=1S/C11H21NO/c1-10(2,3)9(13)12-8-6-7-11(12,4)5/h6-8H2,1-5H3. The first-order valence-corrected chi connectivity index (χ1v) is 5.07. The van der Waals surface area contributed by atoms with Crippen molar-refractivity contribution in [2.45, 2.75) is 53.0 Å². The number of rotatable bonds is 0. The number of carbonyl (C=O) groups is 1. The van der Waals surface area contributed by atoms with Crippen LogP contribution in [0.2, 0.25) is 0 Å². The van der Waals surface area contributed by atoms with E-state index in [1.165, 1.54) is 0 Å². The first-order valence-electron chi connectivity index (χ1n) is 5.07. The van der Waals surface area contributed by atoms with E-state index in [1.807, 2.05) is 25.7 Å². The molecule has 0 aliphatic carbocycles. The lowest BCUT2D eigenvalue weighted by molar-refractivity contribution is -0.142. The van der Waals surface area contributed by atoms with E-state index < -0.39 is 0 Å². The fourth-order valence-corrected chi connectivity index (χ4v) is 1.89. The SMILES string of the molecule is CC(C)(C)C(=O)N1CCCC1(C)C. The highest BCUT2D eigenvalue weighted by atomic mass is 16.2. The Labute approximate surface area is 81.3 Å². The Balaban J connectivity index is 2.79. The van der Waals surface area contributed by atoms with Gasteiger partial charge in [0.2, 0.25) is 5.91 Å². The predicted molar refractivity (Wildman–Crippen MR) is 54.5 cm³/mol. The van der Waals surface area contributed by atoms with E-state index in [0.717, 1.165) is 19.4 Å². The Kier molecular flexibility index (Phi) is 2.44. The molecular formula is C11H21NO. The van der Waals surface area contributed by atoms with Crippen molar-refractivity contribution in [2.24, 2.45) is 5.41 Å². The van der Waals surface area contributed by atoms with Crippen molar-refractivity contribution < 1.29 is 4.79 Å². The average molecular weight is 183 g/mol. The molecule has 1 saturated heterocycles. The molecule has 0 aromatic heterocycles. The summed E-state index contributed by atoms with van der Waals surface area (Å²) in [6.45, 7) is 11.2. The number of likely N-dealkylation sites (tertiary alicyclic amines) is 1. The van der Waals surface area contributed by atoms with Gasteiger partial charge in [-0.15, -0.1) is 0 Å². The van der Waals surface area contributed by atoms with Gasteiger partial charge in [-0.3, -0.25) is 4.79 Å². The van der Waals surface area contributed by atoms with Crippen LogP contribution in [-0.2, 0) is 4.79 Å². The van der Waals surface area contributed by atoms with Crippen molar-refractivity contribution in [1.29, 1.82) is 0 Å². The highest BCUT2D eigenvalue weighted by Crippen LogP contribution is 2.32. The maximum atomic E-state index is 12.0. The van der Waals surface area contributed by atoms with Gasteiger partial charge in [-0.2, -0.15) is 0 Å². The molecule has 0 saturated carbocycles. The molecule has 1 fully saturated rings. The lowest BCUT2D eigenvalue weighted by Crippen LogP contribution is -2.47. The van der Waals surface area contributed by atoms with Gasteiger partial charge in [0.05, 0.1) is 0 Å². The Bertz CT molecular complexity index is 213. The molecule has 0 aromatic rings. The molecule has 1 aliphatic rings. The molecule has 0 N–H and O–H groups in total. The molecule has 0 aromatic carbocycles. The van der Waals surface area contributed by atoms with Crippen LogP contribution in [0.1, 0.15) is 47.5 Å². The van der Waals surface area contributed by atoms with E-state index in [-0.39, 0.29) is 16.9 Å². The van der Waals surface area contributed by atoms with Crippen molar-refractivity contribution >= 4 is 5.91 Å². The Morgan fingerprint density at radius 2 is 1.85 bits per heavy atom. The Morgan fingerprint density at radius 1 is 1.31 bits per heavy atom. The largest absolute Gasteiger partial charge is 0.337 e. The van der Waals surface area contributed by atoms with E-state index in [2.05, 4.69) is 13.8 Å². The zero-order valence-electron chi connectivity index (χ0n) is 9.48. The lowest BCUT2D eigenvalue weighted by Gasteiger charge is -2.36. The van der Waals surface area contributed by atoms with Gasteiger partial charge in [-0.05, 0) is 26.7 Å². The van der Waals surface area contributed by atoms with Crippen LogP contribution in [0.25, 0.3) is 0 Å². The smallest absolute Gasteiger partial charge is 0.228 e. The fraction of sp³-hybridized carbons (Fsp3) is 0.909. The predicted octanol–water partition coefficient (Wildman–Crippen LogP) is 2.43. The third-order valence-corrected chi connectivity index (χ3v) is 2.79. The first kappa shape index (κ1) is 10.6. The highest BCUT2D eigenvalue weighted by molar-refractivity contribution is 5.82. The number of hydrogen-bond acceptors (Lipinski definition) is 1. The summed E-state index contributed by atoms with van der Waals surface area (Å²) in [5, 5.41) is 0. The molecule has 0 atom stereocenters. The second-order valence-electron chi connectivity index (χ2n) is 5.62. The van der Waals surface area contributed by atoms with Crippen LogP contribution in [0.15, 0.2) is 0 Å². The maximum Gasteiger partial charge on any atom is 0.228 e. The van der Waals surface area contributed by atoms with Gasteiger partial charge < -0.3 is 4.90 Å². The maximum absolute atomic E-state index is 12.0. The van der Waals surface area contributed by atoms with Crippen LogP contribution in [-0.4, -0.2) is 22.9 Å². The van der Waals surface area contributed by atoms with Gasteiger partial charge in [0.1, 0.15) is 0 Å². The number of amides is 1. The summed E-state index contributed by atoms with van der Waals surface area (Å²) in [6, 6.07) is 0. The van der Waals surface area contributed by atoms with E-state index in [1.54, 1.807) is 0 Å². The highest BCUT2D eigenvalue weighted by Gasteiger charge is 2.39. The lowest BCUT2D eigenvalue weighted by atomic mass is 9.92. The van der Waals surface area contributed by atoms with E-state index in [0.29, 0.717) is 0 Å². The molecule has 1 aliphatic heterocycles. The molecule has 0 unspecified atom stereocenters. The molecule has 0 spiro atoms. The summed E-state index contributed by atoms with van der Waals surface area (Å²) in [7, 11) is 0. The van der Waals surface area contributed by atoms with Crippen molar-refractivity contribution in [1.82, 2.24) is 4.90 Å². The van der Waals surface area contributed by atoms with Gasteiger partial charge in [-0.1, -0.05) is 20.8 Å². The Hall–Kier alpha value is -0.530. The Morgan fingerprint density at radius 3 is 2.15 bits per heavy atom. The summed E-state index contributed by atoms with van der Waals surface area (Å²) in [5.74, 6) is 0.287. The van der Waals surface area contributed by atoms with Crippen LogP contribution < -0.4 is 0 Å². The number of hydrogen-bond donors (Lipinski definition) is 0. The van der Waals surface area contributed by atoms with E-state index in [4.69, 9.17) is 0 Å². The van der Waals surface area contributed by atoms with E-state index in [9.17, 15) is 4.79 Å². The normalized spacial score (nSPS) is 22.1. The average Bonchev–Trinajstić information content (AvgIpc) is 2.26. The van der Waals surface area contributed by atoms with Gasteiger partial charge in [0.15, 0.2) is 0 Å². The third-order valence-electron chi connectivity index (χ3n) is 2.79. The van der Waals surface area contributed by atoms with Gasteiger partial charge >= 0.3 is 0 Å². The van der Waals surface area contributed by atoms with Gasteiger partial charge in [-0.25, -0.2) is 0 Å². The van der Waals surface area contributed by atoms with Crippen molar-refractivity contribution in [3.8, 4) is 0 Å². The quantitative estimate of drug-likeness (QED) is 0.565. The number of nitrogens with zero attached hydrogens (tertiary/aromatic N) is 1. The second-order valence-corrected chi connectivity index (χ2v) is 5.62. The molecule has 1 heterocycles. The van der Waals surface area contributed by atoms with Gasteiger partial charge in [0, 0.05) is 17.5 Å². The zero-order valence-corrected chi connectivity index (χ0v) is 9.48. The van der Waals surface area contributed by atoms with Crippen molar-refractivity contribution in [3.05, 3.63) is 0 Å². The topological polar surface area (TPSA) is 20.3 Å². The number of carbonyl (C=O) groups excluding carboxylic acids is 1. The zero-order chi connectivity index (χ0) is 10.3. The molecule has 2 nitrogen and oxygen atoms in total. The van der Waals surface area contributed by atoms with Crippen LogP contribution in [0.5, 0.6) is 0 Å². The first-order chi connectivity index (χ1) is 5.75. The second kappa shape index (κ2) is 3.00. The minimum atomic E-state index is -0.235. The summed E-state index contributed by atoms with van der Waals surface area (Å²) >= 11 is 0. The minimum absolute atomic E-state index is 0.0738. The molecule has 0 bridgehead atoms. The minimum Gasteiger partial charge on any atom is -0.337 e.